The number of anilines is 3. The third kappa shape index (κ3) is 4.67. The molecule has 0 saturated carbocycles. The molecule has 1 fully saturated rings. The lowest BCUT2D eigenvalue weighted by Gasteiger charge is -2.53. The van der Waals surface area contributed by atoms with E-state index in [0.29, 0.717) is 11.5 Å². The Balaban J connectivity index is 1.61. The number of aromatic nitrogens is 6. The molecule has 3 heterocycles. The standard InChI is InChI=1S/C22H29FN10O/c1-21(2)9-14(10-22(3,4)32(21)5)27-19-15(18(24)34)11-25-20(29-19)28-13-6-7-16(23)17(8-13)33-12-26-30-31-33/h6-8,11-12,14H,9-10H2,1-5H3,(H2,24,34)(H2,25,27,28,29). The van der Waals surface area contributed by atoms with Gasteiger partial charge in [0.2, 0.25) is 5.95 Å². The van der Waals surface area contributed by atoms with E-state index in [0.717, 1.165) is 12.8 Å². The van der Waals surface area contributed by atoms with E-state index in [2.05, 4.69) is 75.8 Å². The van der Waals surface area contributed by atoms with Crippen molar-refractivity contribution in [2.24, 2.45) is 5.73 Å². The molecule has 180 valence electrons. The van der Waals surface area contributed by atoms with Crippen molar-refractivity contribution >= 4 is 23.4 Å². The Hall–Kier alpha value is -3.67. The molecule has 1 aliphatic heterocycles. The van der Waals surface area contributed by atoms with Crippen LogP contribution in [-0.4, -0.2) is 65.1 Å². The lowest BCUT2D eigenvalue weighted by molar-refractivity contribution is -0.00772. The molecule has 2 aromatic heterocycles. The third-order valence-corrected chi connectivity index (χ3v) is 6.50. The largest absolute Gasteiger partial charge is 0.366 e. The number of rotatable bonds is 6. The summed E-state index contributed by atoms with van der Waals surface area (Å²) in [4.78, 5) is 23.2. The summed E-state index contributed by atoms with van der Waals surface area (Å²) in [5, 5.41) is 17.3. The highest BCUT2D eigenvalue weighted by Gasteiger charge is 2.43. The number of carbonyl (C=O) groups excluding carboxylic acids is 1. The minimum atomic E-state index is -0.622. The SMILES string of the molecule is CN1C(C)(C)CC(Nc2nc(Nc3ccc(F)c(-n4cnnn4)c3)ncc2C(N)=O)CC1(C)C. The molecule has 0 atom stereocenters. The second-order valence-electron chi connectivity index (χ2n) is 9.80. The molecule has 0 aliphatic carbocycles. The van der Waals surface area contributed by atoms with Crippen LogP contribution in [0.25, 0.3) is 5.69 Å². The van der Waals surface area contributed by atoms with Gasteiger partial charge in [0.15, 0.2) is 0 Å². The summed E-state index contributed by atoms with van der Waals surface area (Å²) in [5.41, 5.74) is 6.37. The fourth-order valence-electron chi connectivity index (χ4n) is 4.57. The van der Waals surface area contributed by atoms with Crippen LogP contribution in [0.1, 0.15) is 50.9 Å². The van der Waals surface area contributed by atoms with Crippen LogP contribution in [0.4, 0.5) is 21.8 Å². The van der Waals surface area contributed by atoms with Gasteiger partial charge in [0.05, 0.1) is 5.56 Å². The van der Waals surface area contributed by atoms with Crippen LogP contribution in [0.2, 0.25) is 0 Å². The number of nitrogens with zero attached hydrogens (tertiary/aromatic N) is 7. The predicted octanol–water partition coefficient (Wildman–Crippen LogP) is 2.50. The summed E-state index contributed by atoms with van der Waals surface area (Å²) in [7, 11) is 2.13. The minimum Gasteiger partial charge on any atom is -0.366 e. The summed E-state index contributed by atoms with van der Waals surface area (Å²) in [5.74, 6) is -0.525. The first kappa shape index (κ1) is 23.5. The van der Waals surface area contributed by atoms with Gasteiger partial charge >= 0.3 is 0 Å². The summed E-state index contributed by atoms with van der Waals surface area (Å²) in [6.07, 6.45) is 4.39. The minimum absolute atomic E-state index is 0.0544. The number of hydrogen-bond donors (Lipinski definition) is 3. The zero-order valence-corrected chi connectivity index (χ0v) is 19.9. The van der Waals surface area contributed by atoms with E-state index >= 15 is 0 Å². The first-order valence-corrected chi connectivity index (χ1v) is 10.9. The van der Waals surface area contributed by atoms with E-state index in [1.54, 1.807) is 6.07 Å². The lowest BCUT2D eigenvalue weighted by Crippen LogP contribution is -2.61. The number of nitrogens with two attached hydrogens (primary N) is 1. The maximum absolute atomic E-state index is 14.3. The summed E-state index contributed by atoms with van der Waals surface area (Å²) >= 11 is 0. The molecule has 12 heteroatoms. The molecule has 0 radical (unpaired) electrons. The van der Waals surface area contributed by atoms with Gasteiger partial charge in [-0.1, -0.05) is 0 Å². The van der Waals surface area contributed by atoms with Crippen LogP contribution < -0.4 is 16.4 Å². The van der Waals surface area contributed by atoms with Crippen molar-refractivity contribution in [3.63, 3.8) is 0 Å². The van der Waals surface area contributed by atoms with Gasteiger partial charge in [-0.15, -0.1) is 5.10 Å². The summed E-state index contributed by atoms with van der Waals surface area (Å²) in [6, 6.07) is 4.44. The van der Waals surface area contributed by atoms with Crippen molar-refractivity contribution in [2.75, 3.05) is 17.7 Å². The molecule has 4 rings (SSSR count). The molecule has 0 unspecified atom stereocenters. The molecule has 11 nitrogen and oxygen atoms in total. The Morgan fingerprint density at radius 3 is 2.53 bits per heavy atom. The van der Waals surface area contributed by atoms with Crippen molar-refractivity contribution in [2.45, 2.75) is 57.7 Å². The van der Waals surface area contributed by atoms with Gasteiger partial charge in [0.1, 0.15) is 23.6 Å². The maximum atomic E-state index is 14.3. The van der Waals surface area contributed by atoms with Crippen molar-refractivity contribution < 1.29 is 9.18 Å². The van der Waals surface area contributed by atoms with Crippen molar-refractivity contribution in [1.29, 1.82) is 0 Å². The molecule has 1 saturated heterocycles. The zero-order chi connectivity index (χ0) is 24.7. The highest BCUT2D eigenvalue weighted by molar-refractivity contribution is 5.97. The van der Waals surface area contributed by atoms with Crippen molar-refractivity contribution in [1.82, 2.24) is 35.1 Å². The normalized spacial score (nSPS) is 17.9. The van der Waals surface area contributed by atoms with Crippen LogP contribution in [0.5, 0.6) is 0 Å². The molecule has 0 spiro atoms. The number of likely N-dealkylation sites (tertiary alicyclic amines) is 1. The molecule has 0 bridgehead atoms. The van der Waals surface area contributed by atoms with Gasteiger partial charge in [-0.2, -0.15) is 9.67 Å². The molecular formula is C22H29FN10O. The molecule has 3 aromatic rings. The Morgan fingerprint density at radius 1 is 1.21 bits per heavy atom. The van der Waals surface area contributed by atoms with E-state index in [1.807, 2.05) is 0 Å². The van der Waals surface area contributed by atoms with E-state index in [9.17, 15) is 9.18 Å². The molecule has 34 heavy (non-hydrogen) atoms. The topological polar surface area (TPSA) is 140 Å². The number of halogens is 1. The first-order valence-electron chi connectivity index (χ1n) is 10.9. The average molecular weight is 469 g/mol. The van der Waals surface area contributed by atoms with E-state index in [4.69, 9.17) is 5.73 Å². The quantitative estimate of drug-likeness (QED) is 0.498. The van der Waals surface area contributed by atoms with Crippen LogP contribution >= 0.6 is 0 Å². The summed E-state index contributed by atoms with van der Waals surface area (Å²) in [6.45, 7) is 8.78. The second kappa shape index (κ2) is 8.60. The van der Waals surface area contributed by atoms with Gasteiger partial charge in [-0.25, -0.2) is 9.37 Å². The van der Waals surface area contributed by atoms with Crippen molar-refractivity contribution in [3.8, 4) is 5.69 Å². The fourth-order valence-corrected chi connectivity index (χ4v) is 4.57. The van der Waals surface area contributed by atoms with E-state index in [-0.39, 0.29) is 34.3 Å². The Labute approximate surface area is 197 Å². The maximum Gasteiger partial charge on any atom is 0.254 e. The number of piperidine rings is 1. The lowest BCUT2D eigenvalue weighted by atomic mass is 9.77. The Bertz CT molecular complexity index is 1180. The van der Waals surface area contributed by atoms with E-state index < -0.39 is 11.7 Å². The van der Waals surface area contributed by atoms with Crippen LogP contribution in [0.3, 0.4) is 0 Å². The zero-order valence-electron chi connectivity index (χ0n) is 19.9. The molecule has 4 N–H and O–H groups in total. The Kier molecular flexibility index (Phi) is 5.94. The van der Waals surface area contributed by atoms with Crippen LogP contribution in [0.15, 0.2) is 30.7 Å². The van der Waals surface area contributed by atoms with E-state index in [1.165, 1.54) is 29.3 Å². The van der Waals surface area contributed by atoms with Gasteiger partial charge < -0.3 is 16.4 Å². The second-order valence-corrected chi connectivity index (χ2v) is 9.80. The van der Waals surface area contributed by atoms with Gasteiger partial charge in [-0.05, 0) is 76.2 Å². The number of nitrogens with one attached hydrogen (secondary N) is 2. The number of primary amides is 1. The number of benzene rings is 1. The smallest absolute Gasteiger partial charge is 0.254 e. The third-order valence-electron chi connectivity index (χ3n) is 6.50. The number of carbonyl (C=O) groups is 1. The van der Waals surface area contributed by atoms with Gasteiger partial charge in [-0.3, -0.25) is 9.69 Å². The number of hydrogen-bond acceptors (Lipinski definition) is 9. The number of tetrazole rings is 1. The van der Waals surface area contributed by atoms with Crippen molar-refractivity contribution in [3.05, 3.63) is 42.1 Å². The Morgan fingerprint density at radius 2 is 1.91 bits per heavy atom. The number of amides is 1. The highest BCUT2D eigenvalue weighted by Crippen LogP contribution is 2.38. The highest BCUT2D eigenvalue weighted by atomic mass is 19.1. The van der Waals surface area contributed by atoms with Crippen LogP contribution in [0, 0.1) is 5.82 Å². The van der Waals surface area contributed by atoms with Gasteiger partial charge in [0.25, 0.3) is 5.91 Å². The predicted molar refractivity (Wildman–Crippen MR) is 126 cm³/mol. The van der Waals surface area contributed by atoms with Gasteiger partial charge in [0, 0.05) is 29.0 Å². The van der Waals surface area contributed by atoms with Crippen LogP contribution in [-0.2, 0) is 0 Å². The first-order chi connectivity index (χ1) is 16.0. The summed E-state index contributed by atoms with van der Waals surface area (Å²) < 4.78 is 15.5. The monoisotopic (exact) mass is 468 g/mol. The molecular weight excluding hydrogens is 439 g/mol. The molecule has 1 aliphatic rings. The molecule has 1 amide bonds. The fraction of sp³-hybridized carbons (Fsp3) is 0.455. The average Bonchev–Trinajstić information content (AvgIpc) is 3.27. The molecule has 1 aromatic carbocycles.